The quantitative estimate of drug-likeness (QED) is 0.383. The monoisotopic (exact) mass is 624 g/mol. The molecule has 1 fully saturated rings. The number of aromatic nitrogens is 6. The van der Waals surface area contributed by atoms with E-state index in [-0.39, 0.29) is 34.5 Å². The summed E-state index contributed by atoms with van der Waals surface area (Å²) in [6.07, 6.45) is -2.69. The number of halogens is 3. The van der Waals surface area contributed by atoms with E-state index in [0.29, 0.717) is 25.6 Å². The first-order chi connectivity index (χ1) is 20.4. The van der Waals surface area contributed by atoms with E-state index in [4.69, 9.17) is 14.2 Å². The van der Waals surface area contributed by atoms with Gasteiger partial charge in [0.1, 0.15) is 17.7 Å². The van der Waals surface area contributed by atoms with Gasteiger partial charge in [0.15, 0.2) is 22.8 Å². The van der Waals surface area contributed by atoms with Gasteiger partial charge in [-0.15, -0.1) is 5.12 Å². The van der Waals surface area contributed by atoms with Crippen LogP contribution in [0.2, 0.25) is 0 Å². The zero-order valence-corrected chi connectivity index (χ0v) is 25.4. The molecule has 0 aromatic carbocycles. The fraction of sp³-hybridized carbons (Fsp3) is 0.577. The zero-order chi connectivity index (χ0) is 32.4. The molecule has 3 aromatic heterocycles. The molecule has 1 aliphatic heterocycles. The van der Waals surface area contributed by atoms with Gasteiger partial charge >= 0.3 is 18.4 Å². The van der Waals surface area contributed by atoms with Crippen LogP contribution in [0.15, 0.2) is 18.7 Å². The number of hydrazine groups is 2. The molecule has 0 unspecified atom stereocenters. The molecule has 1 atom stereocenters. The van der Waals surface area contributed by atoms with Crippen molar-refractivity contribution in [3.05, 3.63) is 18.7 Å². The Morgan fingerprint density at radius 3 is 2.11 bits per heavy atom. The number of anilines is 2. The molecule has 18 heteroatoms. The minimum absolute atomic E-state index is 0.0232. The summed E-state index contributed by atoms with van der Waals surface area (Å²) in [6, 6.07) is -0.132. The predicted molar refractivity (Wildman–Crippen MR) is 151 cm³/mol. The molecule has 15 nitrogen and oxygen atoms in total. The molecule has 1 aliphatic rings. The summed E-state index contributed by atoms with van der Waals surface area (Å²) in [5, 5.41) is 0.815. The Balaban J connectivity index is 1.71. The molecular weight excluding hydrogens is 589 g/mol. The summed E-state index contributed by atoms with van der Waals surface area (Å²) in [5.41, 5.74) is 3.41. The minimum atomic E-state index is -4.51. The first-order valence-corrected chi connectivity index (χ1v) is 13.6. The lowest BCUT2D eigenvalue weighted by Crippen LogP contribution is -2.56. The number of ether oxygens (including phenoxy) is 3. The number of carbonyl (C=O) groups excluding carboxylic acids is 2. The third-order valence-electron chi connectivity index (χ3n) is 5.74. The van der Waals surface area contributed by atoms with E-state index in [1.165, 1.54) is 12.4 Å². The average molecular weight is 625 g/mol. The maximum Gasteiger partial charge on any atom is 0.428 e. The molecule has 0 aliphatic carbocycles. The van der Waals surface area contributed by atoms with Crippen LogP contribution in [0.25, 0.3) is 22.6 Å². The second-order valence-electron chi connectivity index (χ2n) is 12.0. The summed E-state index contributed by atoms with van der Waals surface area (Å²) in [4.78, 5) is 48.6. The maximum atomic E-state index is 13.3. The van der Waals surface area contributed by atoms with Crippen molar-refractivity contribution in [1.82, 2.24) is 40.3 Å². The van der Waals surface area contributed by atoms with Gasteiger partial charge in [0, 0.05) is 18.9 Å². The first-order valence-electron chi connectivity index (χ1n) is 13.6. The molecule has 0 radical (unpaired) electrons. The number of amides is 2. The Hall–Kier alpha value is -4.48. The van der Waals surface area contributed by atoms with Crippen molar-refractivity contribution >= 4 is 35.1 Å². The largest absolute Gasteiger partial charge is 0.443 e. The molecule has 2 N–H and O–H groups in total. The minimum Gasteiger partial charge on any atom is -0.443 e. The van der Waals surface area contributed by atoms with Crippen LogP contribution < -0.4 is 20.9 Å². The number of hydrogen-bond acceptors (Lipinski definition) is 12. The standard InChI is InChI=1S/C26H35F3N10O5/c1-15-12-42-9-8-38(15)20-17-19(37(14-32-17)13-26(27,28)29)33-18(34-20)16-10-30-21(31-11-16)39(35-22(40)43-24(2,3)4)36-23(41)44-25(5,6)7/h10-11,14-15H,8-9,12-13H2,1-7H3,(H,35,40)(H,36,41)/t15-/m0/s1. The van der Waals surface area contributed by atoms with E-state index in [9.17, 15) is 22.8 Å². The van der Waals surface area contributed by atoms with E-state index < -0.39 is 36.1 Å². The van der Waals surface area contributed by atoms with Crippen LogP contribution >= 0.6 is 0 Å². The van der Waals surface area contributed by atoms with Crippen LogP contribution in [0, 0.1) is 0 Å². The van der Waals surface area contributed by atoms with Crippen LogP contribution in [0.4, 0.5) is 34.5 Å². The number of alkyl halides is 3. The Labute approximate surface area is 251 Å². The van der Waals surface area contributed by atoms with Crippen LogP contribution in [0.5, 0.6) is 0 Å². The molecule has 1 saturated heterocycles. The predicted octanol–water partition coefficient (Wildman–Crippen LogP) is 3.76. The molecule has 0 saturated carbocycles. The fourth-order valence-corrected chi connectivity index (χ4v) is 4.07. The summed E-state index contributed by atoms with van der Waals surface area (Å²) in [7, 11) is 0. The fourth-order valence-electron chi connectivity index (χ4n) is 4.07. The van der Waals surface area contributed by atoms with Crippen molar-refractivity contribution in [2.75, 3.05) is 29.8 Å². The van der Waals surface area contributed by atoms with E-state index in [2.05, 4.69) is 35.8 Å². The van der Waals surface area contributed by atoms with Gasteiger partial charge in [-0.2, -0.15) is 13.2 Å². The molecule has 2 amide bonds. The second kappa shape index (κ2) is 12.3. The molecule has 0 bridgehead atoms. The number of carbonyl (C=O) groups is 2. The highest BCUT2D eigenvalue weighted by Crippen LogP contribution is 2.30. The highest BCUT2D eigenvalue weighted by atomic mass is 19.4. The van der Waals surface area contributed by atoms with Crippen molar-refractivity contribution in [3.63, 3.8) is 0 Å². The summed E-state index contributed by atoms with van der Waals surface area (Å²) in [6.45, 7) is 11.8. The lowest BCUT2D eigenvalue weighted by Gasteiger charge is -2.34. The summed E-state index contributed by atoms with van der Waals surface area (Å²) >= 11 is 0. The van der Waals surface area contributed by atoms with Gasteiger partial charge < -0.3 is 23.7 Å². The van der Waals surface area contributed by atoms with Crippen LogP contribution in [-0.4, -0.2) is 84.9 Å². The number of morpholine rings is 1. The van der Waals surface area contributed by atoms with Crippen LogP contribution in [-0.2, 0) is 20.8 Å². The number of rotatable bonds is 6. The topological polar surface area (TPSA) is 162 Å². The lowest BCUT2D eigenvalue weighted by atomic mass is 10.2. The van der Waals surface area contributed by atoms with Crippen LogP contribution in [0.1, 0.15) is 48.5 Å². The maximum absolute atomic E-state index is 13.3. The summed E-state index contributed by atoms with van der Waals surface area (Å²) in [5.74, 6) is 0.176. The zero-order valence-electron chi connectivity index (χ0n) is 25.4. The van der Waals surface area contributed by atoms with E-state index in [1.807, 2.05) is 11.8 Å². The first kappa shape index (κ1) is 32.4. The second-order valence-corrected chi connectivity index (χ2v) is 12.0. The van der Waals surface area contributed by atoms with Crippen molar-refractivity contribution in [2.45, 2.75) is 78.4 Å². The number of imidazole rings is 1. The number of nitrogens with zero attached hydrogens (tertiary/aromatic N) is 8. The molecule has 4 rings (SSSR count). The third kappa shape index (κ3) is 8.55. The van der Waals surface area contributed by atoms with Gasteiger partial charge in [0.2, 0.25) is 0 Å². The highest BCUT2D eigenvalue weighted by molar-refractivity contribution is 5.86. The highest BCUT2D eigenvalue weighted by Gasteiger charge is 2.31. The molecule has 4 heterocycles. The van der Waals surface area contributed by atoms with Crippen molar-refractivity contribution in [1.29, 1.82) is 0 Å². The lowest BCUT2D eigenvalue weighted by molar-refractivity contribution is -0.140. The van der Waals surface area contributed by atoms with Gasteiger partial charge in [-0.05, 0) is 48.5 Å². The van der Waals surface area contributed by atoms with Gasteiger partial charge in [-0.25, -0.2) is 45.4 Å². The Morgan fingerprint density at radius 1 is 1.00 bits per heavy atom. The van der Waals surface area contributed by atoms with Gasteiger partial charge in [-0.3, -0.25) is 0 Å². The SMILES string of the molecule is C[C@H]1COCCN1c1nc(-c2cnc(N(NC(=O)OC(C)(C)C)NC(=O)OC(C)(C)C)nc2)nc2c1ncn2CC(F)(F)F. The smallest absolute Gasteiger partial charge is 0.428 e. The number of fused-ring (bicyclic) bond motifs is 1. The Morgan fingerprint density at radius 2 is 1.59 bits per heavy atom. The Kier molecular flexibility index (Phi) is 9.03. The van der Waals surface area contributed by atoms with Gasteiger partial charge in [-0.1, -0.05) is 0 Å². The summed E-state index contributed by atoms with van der Waals surface area (Å²) < 4.78 is 57.0. The van der Waals surface area contributed by atoms with Gasteiger partial charge in [0.25, 0.3) is 5.95 Å². The van der Waals surface area contributed by atoms with Crippen molar-refractivity contribution in [2.24, 2.45) is 0 Å². The number of nitrogens with one attached hydrogen (secondary N) is 2. The normalized spacial score (nSPS) is 16.0. The van der Waals surface area contributed by atoms with E-state index in [1.54, 1.807) is 41.5 Å². The molecule has 3 aromatic rings. The van der Waals surface area contributed by atoms with E-state index in [0.717, 1.165) is 16.0 Å². The van der Waals surface area contributed by atoms with Crippen molar-refractivity contribution in [3.8, 4) is 11.4 Å². The van der Waals surface area contributed by atoms with E-state index >= 15 is 0 Å². The molecule has 44 heavy (non-hydrogen) atoms. The van der Waals surface area contributed by atoms with Gasteiger partial charge in [0.05, 0.1) is 31.1 Å². The Bertz CT molecular complexity index is 1460. The van der Waals surface area contributed by atoms with Crippen molar-refractivity contribution < 1.29 is 37.0 Å². The number of hydrogen-bond donors (Lipinski definition) is 2. The van der Waals surface area contributed by atoms with Crippen LogP contribution in [0.3, 0.4) is 0 Å². The molecule has 240 valence electrons. The molecule has 0 spiro atoms. The third-order valence-corrected chi connectivity index (χ3v) is 5.74. The molecular formula is C26H35F3N10O5. The average Bonchev–Trinajstić information content (AvgIpc) is 3.27.